The Labute approximate surface area is 190 Å². The molecule has 2 aliphatic rings. The molecule has 4 rings (SSSR count). The van der Waals surface area contributed by atoms with E-state index in [1.807, 2.05) is 34.1 Å². The highest BCUT2D eigenvalue weighted by atomic mass is 79.9. The van der Waals surface area contributed by atoms with E-state index in [4.69, 9.17) is 16.3 Å². The number of hydrogen-bond acceptors (Lipinski definition) is 3. The molecule has 0 saturated carbocycles. The molecule has 2 saturated heterocycles. The van der Waals surface area contributed by atoms with Crippen LogP contribution in [0.5, 0.6) is 0 Å². The highest BCUT2D eigenvalue weighted by Gasteiger charge is 2.44. The maximum Gasteiger partial charge on any atom is 0.253 e. The molecule has 0 aliphatic carbocycles. The third kappa shape index (κ3) is 4.27. The van der Waals surface area contributed by atoms with Crippen molar-refractivity contribution in [3.8, 4) is 0 Å². The summed E-state index contributed by atoms with van der Waals surface area (Å²) in [4.78, 5) is 30.2. The van der Waals surface area contributed by atoms with Gasteiger partial charge in [-0.1, -0.05) is 39.7 Å². The second-order valence-electron chi connectivity index (χ2n) is 7.79. The molecule has 5 nitrogen and oxygen atoms in total. The molecule has 0 aromatic heterocycles. The Morgan fingerprint density at radius 2 is 1.43 bits per heavy atom. The van der Waals surface area contributed by atoms with E-state index in [2.05, 4.69) is 15.9 Å². The summed E-state index contributed by atoms with van der Waals surface area (Å²) >= 11 is 9.40. The number of piperazine rings is 1. The fraction of sp³-hybridized carbons (Fsp3) is 0.391. The number of amides is 2. The zero-order chi connectivity index (χ0) is 21.1. The summed E-state index contributed by atoms with van der Waals surface area (Å²) in [5.74, 6) is 0.124. The number of ether oxygens (including phenoxy) is 1. The molecule has 0 N–H and O–H groups in total. The van der Waals surface area contributed by atoms with Gasteiger partial charge in [0.05, 0.1) is 5.41 Å². The molecule has 30 heavy (non-hydrogen) atoms. The molecular weight excluding hydrogens is 468 g/mol. The number of nitrogens with zero attached hydrogens (tertiary/aromatic N) is 2. The van der Waals surface area contributed by atoms with Crippen molar-refractivity contribution in [2.24, 2.45) is 0 Å². The van der Waals surface area contributed by atoms with Crippen molar-refractivity contribution in [2.45, 2.75) is 18.3 Å². The lowest BCUT2D eigenvalue weighted by Gasteiger charge is -2.43. The molecule has 2 aromatic carbocycles. The van der Waals surface area contributed by atoms with Gasteiger partial charge in [0.15, 0.2) is 0 Å². The monoisotopic (exact) mass is 490 g/mol. The van der Waals surface area contributed by atoms with Crippen LogP contribution in [0.3, 0.4) is 0 Å². The van der Waals surface area contributed by atoms with Gasteiger partial charge >= 0.3 is 0 Å². The summed E-state index contributed by atoms with van der Waals surface area (Å²) in [6.45, 7) is 3.29. The molecule has 158 valence electrons. The van der Waals surface area contributed by atoms with Gasteiger partial charge in [-0.25, -0.2) is 0 Å². The van der Waals surface area contributed by atoms with E-state index in [0.717, 1.165) is 10.0 Å². The quantitative estimate of drug-likeness (QED) is 0.648. The van der Waals surface area contributed by atoms with Gasteiger partial charge in [0, 0.05) is 54.5 Å². The minimum Gasteiger partial charge on any atom is -0.381 e. The summed E-state index contributed by atoms with van der Waals surface area (Å²) in [5.41, 5.74) is 1.11. The third-order valence-corrected chi connectivity index (χ3v) is 6.88. The lowest BCUT2D eigenvalue weighted by molar-refractivity contribution is -0.142. The van der Waals surface area contributed by atoms with E-state index >= 15 is 0 Å². The van der Waals surface area contributed by atoms with E-state index in [1.54, 1.807) is 24.3 Å². The summed E-state index contributed by atoms with van der Waals surface area (Å²) < 4.78 is 6.57. The molecule has 2 fully saturated rings. The van der Waals surface area contributed by atoms with Crippen molar-refractivity contribution < 1.29 is 14.3 Å². The molecule has 7 heteroatoms. The first-order valence-electron chi connectivity index (χ1n) is 10.2. The zero-order valence-corrected chi connectivity index (χ0v) is 19.0. The van der Waals surface area contributed by atoms with Crippen molar-refractivity contribution in [3.63, 3.8) is 0 Å². The molecule has 0 atom stereocenters. The number of rotatable bonds is 3. The van der Waals surface area contributed by atoms with E-state index in [-0.39, 0.29) is 11.8 Å². The Balaban J connectivity index is 1.47. The summed E-state index contributed by atoms with van der Waals surface area (Å²) in [7, 11) is 0. The van der Waals surface area contributed by atoms with Crippen molar-refractivity contribution in [3.05, 3.63) is 69.2 Å². The van der Waals surface area contributed by atoms with Gasteiger partial charge < -0.3 is 14.5 Å². The second kappa shape index (κ2) is 9.08. The molecule has 0 radical (unpaired) electrons. The number of carbonyl (C=O) groups excluding carboxylic acids is 2. The van der Waals surface area contributed by atoms with Crippen LogP contribution in [0.2, 0.25) is 5.02 Å². The summed E-state index contributed by atoms with van der Waals surface area (Å²) in [6.07, 6.45) is 1.36. The van der Waals surface area contributed by atoms with Crippen LogP contribution in [-0.4, -0.2) is 61.0 Å². The Bertz CT molecular complexity index is 903. The number of benzene rings is 2. The fourth-order valence-corrected chi connectivity index (χ4v) is 4.70. The van der Waals surface area contributed by atoms with Gasteiger partial charge in [0.1, 0.15) is 0 Å². The van der Waals surface area contributed by atoms with Crippen LogP contribution in [0.1, 0.15) is 28.8 Å². The molecule has 0 spiro atoms. The third-order valence-electron chi connectivity index (χ3n) is 6.10. The van der Waals surface area contributed by atoms with Crippen LogP contribution >= 0.6 is 27.5 Å². The number of halogens is 2. The average molecular weight is 492 g/mol. The first-order chi connectivity index (χ1) is 14.5. The Morgan fingerprint density at radius 3 is 2.03 bits per heavy atom. The lowest BCUT2D eigenvalue weighted by atomic mass is 9.73. The minimum absolute atomic E-state index is 0.0209. The van der Waals surface area contributed by atoms with E-state index in [1.165, 1.54) is 0 Å². The fourth-order valence-electron chi connectivity index (χ4n) is 4.31. The molecule has 2 amide bonds. The van der Waals surface area contributed by atoms with Crippen molar-refractivity contribution in [1.29, 1.82) is 0 Å². The summed E-state index contributed by atoms with van der Waals surface area (Å²) in [5, 5.41) is 0.608. The van der Waals surface area contributed by atoms with Crippen LogP contribution in [0.25, 0.3) is 0 Å². The Morgan fingerprint density at radius 1 is 0.867 bits per heavy atom. The van der Waals surface area contributed by atoms with E-state index < -0.39 is 5.41 Å². The molecule has 2 aromatic rings. The largest absolute Gasteiger partial charge is 0.381 e. The predicted molar refractivity (Wildman–Crippen MR) is 120 cm³/mol. The first-order valence-corrected chi connectivity index (χ1v) is 11.3. The lowest BCUT2D eigenvalue weighted by Crippen LogP contribution is -2.56. The normalized spacial score (nSPS) is 18.9. The zero-order valence-electron chi connectivity index (χ0n) is 16.7. The maximum absolute atomic E-state index is 13.7. The SMILES string of the molecule is O=C(c1ccc(Cl)cc1)N1CCN(C(=O)C2(c3ccc(Br)cc3)CCOCC2)CC1. The van der Waals surface area contributed by atoms with Gasteiger partial charge in [-0.3, -0.25) is 9.59 Å². The molecule has 2 aliphatic heterocycles. The standard InChI is InChI=1S/C23H24BrClN2O3/c24-19-5-3-18(4-6-19)23(9-15-30-16-10-23)22(29)27-13-11-26(12-14-27)21(28)17-1-7-20(25)8-2-17/h1-8H,9-16H2. The molecular formula is C23H24BrClN2O3. The average Bonchev–Trinajstić information content (AvgIpc) is 2.79. The molecule has 0 unspecified atom stereocenters. The van der Waals surface area contributed by atoms with Crippen LogP contribution in [-0.2, 0) is 14.9 Å². The maximum atomic E-state index is 13.7. The van der Waals surface area contributed by atoms with Crippen LogP contribution in [0.15, 0.2) is 53.0 Å². The Kier molecular flexibility index (Phi) is 6.46. The van der Waals surface area contributed by atoms with E-state index in [0.29, 0.717) is 62.8 Å². The highest BCUT2D eigenvalue weighted by molar-refractivity contribution is 9.10. The van der Waals surface area contributed by atoms with Gasteiger partial charge in [-0.15, -0.1) is 0 Å². The van der Waals surface area contributed by atoms with Crippen LogP contribution in [0, 0.1) is 0 Å². The molecule has 0 bridgehead atoms. The van der Waals surface area contributed by atoms with Gasteiger partial charge in [-0.05, 0) is 54.8 Å². The number of hydrogen-bond donors (Lipinski definition) is 0. The van der Waals surface area contributed by atoms with E-state index in [9.17, 15) is 9.59 Å². The first kappa shape index (κ1) is 21.3. The second-order valence-corrected chi connectivity index (χ2v) is 9.14. The highest BCUT2D eigenvalue weighted by Crippen LogP contribution is 2.37. The predicted octanol–water partition coefficient (Wildman–Crippen LogP) is 4.14. The molecule has 2 heterocycles. The van der Waals surface area contributed by atoms with Gasteiger partial charge in [-0.2, -0.15) is 0 Å². The van der Waals surface area contributed by atoms with Gasteiger partial charge in [0.25, 0.3) is 5.91 Å². The van der Waals surface area contributed by atoms with Crippen molar-refractivity contribution in [2.75, 3.05) is 39.4 Å². The van der Waals surface area contributed by atoms with Crippen molar-refractivity contribution >= 4 is 39.3 Å². The summed E-state index contributed by atoms with van der Waals surface area (Å²) in [6, 6.07) is 15.0. The minimum atomic E-state index is -0.554. The van der Waals surface area contributed by atoms with Gasteiger partial charge in [0.2, 0.25) is 5.91 Å². The van der Waals surface area contributed by atoms with Crippen molar-refractivity contribution in [1.82, 2.24) is 9.80 Å². The van der Waals surface area contributed by atoms with Crippen LogP contribution in [0.4, 0.5) is 0 Å². The smallest absolute Gasteiger partial charge is 0.253 e. The topological polar surface area (TPSA) is 49.9 Å². The Hall–Kier alpha value is -1.89. The number of carbonyl (C=O) groups is 2. The van der Waals surface area contributed by atoms with Crippen LogP contribution < -0.4 is 0 Å².